The number of halogens is 1. The first-order valence-corrected chi connectivity index (χ1v) is 14.5. The molecule has 0 heterocycles. The van der Waals surface area contributed by atoms with Crippen LogP contribution in [0.3, 0.4) is 0 Å². The summed E-state index contributed by atoms with van der Waals surface area (Å²) >= 11 is 7.57. The van der Waals surface area contributed by atoms with Crippen molar-refractivity contribution in [3.63, 3.8) is 0 Å². The van der Waals surface area contributed by atoms with Crippen molar-refractivity contribution in [2.75, 3.05) is 5.75 Å². The van der Waals surface area contributed by atoms with Crippen LogP contribution in [0, 0.1) is 6.92 Å². The molecule has 1 atom stereocenters. The molecule has 6 heteroatoms. The first-order valence-electron chi connectivity index (χ1n) is 13.0. The van der Waals surface area contributed by atoms with Crippen LogP contribution in [-0.2, 0) is 28.3 Å². The SMILES string of the molecule is Cc1ccc(CN(C(=O)CSCc2ccc(Cl)cc2)[C@@H](Cc2ccccc2)C(=O)NC2CCCC2)cc1. The van der Waals surface area contributed by atoms with Gasteiger partial charge in [-0.05, 0) is 48.6 Å². The second-order valence-corrected chi connectivity index (χ2v) is 11.2. The minimum atomic E-state index is -0.576. The maximum Gasteiger partial charge on any atom is 0.243 e. The van der Waals surface area contributed by atoms with Gasteiger partial charge in [-0.15, -0.1) is 11.8 Å². The van der Waals surface area contributed by atoms with Crippen LogP contribution < -0.4 is 5.32 Å². The van der Waals surface area contributed by atoms with E-state index in [0.717, 1.165) is 42.4 Å². The third-order valence-electron chi connectivity index (χ3n) is 6.85. The topological polar surface area (TPSA) is 49.4 Å². The second kappa shape index (κ2) is 13.7. The van der Waals surface area contributed by atoms with Gasteiger partial charge in [0, 0.05) is 29.8 Å². The number of amides is 2. The minimum Gasteiger partial charge on any atom is -0.352 e. The Hall–Kier alpha value is -2.76. The van der Waals surface area contributed by atoms with E-state index in [9.17, 15) is 9.59 Å². The Labute approximate surface area is 229 Å². The summed E-state index contributed by atoms with van der Waals surface area (Å²) in [6, 6.07) is 25.5. The van der Waals surface area contributed by atoms with Gasteiger partial charge in [-0.25, -0.2) is 0 Å². The zero-order valence-electron chi connectivity index (χ0n) is 21.4. The van der Waals surface area contributed by atoms with E-state index in [1.165, 1.54) is 5.56 Å². The van der Waals surface area contributed by atoms with Crippen molar-refractivity contribution >= 4 is 35.2 Å². The highest BCUT2D eigenvalue weighted by molar-refractivity contribution is 7.99. The van der Waals surface area contributed by atoms with Gasteiger partial charge < -0.3 is 10.2 Å². The molecule has 0 aromatic heterocycles. The van der Waals surface area contributed by atoms with E-state index in [2.05, 4.69) is 17.4 Å². The first kappa shape index (κ1) is 27.3. The number of rotatable bonds is 11. The molecular formula is C31H35ClN2O2S. The molecule has 0 radical (unpaired) electrons. The van der Waals surface area contributed by atoms with Crippen LogP contribution in [0.25, 0.3) is 0 Å². The second-order valence-electron chi connectivity index (χ2n) is 9.82. The van der Waals surface area contributed by atoms with E-state index in [4.69, 9.17) is 11.6 Å². The Morgan fingerprint density at radius 3 is 2.24 bits per heavy atom. The lowest BCUT2D eigenvalue weighted by molar-refractivity contribution is -0.139. The zero-order valence-corrected chi connectivity index (χ0v) is 22.9. The number of aryl methyl sites for hydroxylation is 1. The molecule has 1 aliphatic rings. The lowest BCUT2D eigenvalue weighted by Crippen LogP contribution is -2.52. The molecule has 4 rings (SSSR count). The molecule has 1 aliphatic carbocycles. The Morgan fingerprint density at radius 1 is 0.919 bits per heavy atom. The number of nitrogens with zero attached hydrogens (tertiary/aromatic N) is 1. The van der Waals surface area contributed by atoms with E-state index in [1.54, 1.807) is 16.7 Å². The van der Waals surface area contributed by atoms with Crippen LogP contribution in [0.5, 0.6) is 0 Å². The number of carbonyl (C=O) groups excluding carboxylic acids is 2. The van der Waals surface area contributed by atoms with Crippen LogP contribution in [0.2, 0.25) is 5.02 Å². The molecule has 1 saturated carbocycles. The number of carbonyl (C=O) groups is 2. The van der Waals surface area contributed by atoms with E-state index in [1.807, 2.05) is 73.7 Å². The third kappa shape index (κ3) is 8.37. The Morgan fingerprint density at radius 2 is 1.57 bits per heavy atom. The van der Waals surface area contributed by atoms with Gasteiger partial charge in [0.15, 0.2) is 0 Å². The number of thioether (sulfide) groups is 1. The summed E-state index contributed by atoms with van der Waals surface area (Å²) in [5.74, 6) is 0.927. The molecule has 0 aliphatic heterocycles. The van der Waals surface area contributed by atoms with Gasteiger partial charge in [0.2, 0.25) is 11.8 Å². The van der Waals surface area contributed by atoms with Gasteiger partial charge in [-0.1, -0.05) is 96.7 Å². The minimum absolute atomic E-state index is 0.0259. The van der Waals surface area contributed by atoms with Crippen LogP contribution in [0.4, 0.5) is 0 Å². The smallest absolute Gasteiger partial charge is 0.243 e. The van der Waals surface area contributed by atoms with Crippen LogP contribution in [0.1, 0.15) is 47.9 Å². The average molecular weight is 535 g/mol. The number of benzene rings is 3. The third-order valence-corrected chi connectivity index (χ3v) is 8.09. The van der Waals surface area contributed by atoms with Crippen LogP contribution in [0.15, 0.2) is 78.9 Å². The van der Waals surface area contributed by atoms with Crippen molar-refractivity contribution in [3.05, 3.63) is 106 Å². The fourth-order valence-corrected chi connectivity index (χ4v) is 5.73. The molecule has 37 heavy (non-hydrogen) atoms. The van der Waals surface area contributed by atoms with Gasteiger partial charge in [-0.3, -0.25) is 9.59 Å². The summed E-state index contributed by atoms with van der Waals surface area (Å²) in [5, 5.41) is 3.96. The largest absolute Gasteiger partial charge is 0.352 e. The molecule has 3 aromatic rings. The fraction of sp³-hybridized carbons (Fsp3) is 0.355. The monoisotopic (exact) mass is 534 g/mol. The standard InChI is InChI=1S/C31H35ClN2O2S/c1-23-11-13-25(14-12-23)20-34(30(35)22-37-21-26-15-17-27(32)18-16-26)29(19-24-7-3-2-4-8-24)31(36)33-28-9-5-6-10-28/h2-4,7-8,11-18,28-29H,5-6,9-10,19-22H2,1H3,(H,33,36)/t29-/m0/s1. The van der Waals surface area contributed by atoms with Crippen molar-refractivity contribution in [1.82, 2.24) is 10.2 Å². The molecule has 3 aromatic carbocycles. The molecule has 0 saturated heterocycles. The summed E-state index contributed by atoms with van der Waals surface area (Å²) in [4.78, 5) is 29.2. The molecule has 2 amide bonds. The molecule has 0 spiro atoms. The average Bonchev–Trinajstić information content (AvgIpc) is 3.42. The predicted octanol–water partition coefficient (Wildman–Crippen LogP) is 6.58. The molecule has 4 nitrogen and oxygen atoms in total. The maximum atomic E-state index is 13.7. The van der Waals surface area contributed by atoms with Gasteiger partial charge in [0.1, 0.15) is 6.04 Å². The van der Waals surface area contributed by atoms with Gasteiger partial charge in [0.05, 0.1) is 5.75 Å². The van der Waals surface area contributed by atoms with E-state index < -0.39 is 6.04 Å². The Kier molecular flexibility index (Phi) is 10.1. The molecule has 0 unspecified atom stereocenters. The van der Waals surface area contributed by atoms with Crippen LogP contribution in [-0.4, -0.2) is 34.6 Å². The normalized spacial score (nSPS) is 14.3. The van der Waals surface area contributed by atoms with Gasteiger partial charge in [-0.2, -0.15) is 0 Å². The van der Waals surface area contributed by atoms with Crippen molar-refractivity contribution in [2.24, 2.45) is 0 Å². The number of nitrogens with one attached hydrogen (secondary N) is 1. The summed E-state index contributed by atoms with van der Waals surface area (Å²) in [7, 11) is 0. The Balaban J connectivity index is 1.55. The van der Waals surface area contributed by atoms with Crippen molar-refractivity contribution in [2.45, 2.75) is 63.4 Å². The summed E-state index contributed by atoms with van der Waals surface area (Å²) < 4.78 is 0. The predicted molar refractivity (Wildman–Crippen MR) is 154 cm³/mol. The van der Waals surface area contributed by atoms with Crippen molar-refractivity contribution in [1.29, 1.82) is 0 Å². The summed E-state index contributed by atoms with van der Waals surface area (Å²) in [6.45, 7) is 2.45. The van der Waals surface area contributed by atoms with E-state index in [0.29, 0.717) is 29.5 Å². The highest BCUT2D eigenvalue weighted by Crippen LogP contribution is 2.22. The van der Waals surface area contributed by atoms with Crippen LogP contribution >= 0.6 is 23.4 Å². The lowest BCUT2D eigenvalue weighted by atomic mass is 10.0. The fourth-order valence-electron chi connectivity index (χ4n) is 4.73. The van der Waals surface area contributed by atoms with E-state index in [-0.39, 0.29) is 17.9 Å². The van der Waals surface area contributed by atoms with Gasteiger partial charge >= 0.3 is 0 Å². The number of hydrogen-bond acceptors (Lipinski definition) is 3. The van der Waals surface area contributed by atoms with Gasteiger partial charge in [0.25, 0.3) is 0 Å². The highest BCUT2D eigenvalue weighted by atomic mass is 35.5. The molecule has 1 N–H and O–H groups in total. The molecule has 0 bridgehead atoms. The summed E-state index contributed by atoms with van der Waals surface area (Å²) in [5.41, 5.74) is 4.35. The van der Waals surface area contributed by atoms with E-state index >= 15 is 0 Å². The molecule has 194 valence electrons. The molecular weight excluding hydrogens is 500 g/mol. The quantitative estimate of drug-likeness (QED) is 0.302. The molecule has 1 fully saturated rings. The highest BCUT2D eigenvalue weighted by Gasteiger charge is 2.32. The first-order chi connectivity index (χ1) is 18.0. The Bertz CT molecular complexity index is 1150. The lowest BCUT2D eigenvalue weighted by Gasteiger charge is -2.32. The van der Waals surface area contributed by atoms with Crippen molar-refractivity contribution in [3.8, 4) is 0 Å². The van der Waals surface area contributed by atoms with Crippen molar-refractivity contribution < 1.29 is 9.59 Å². The number of hydrogen-bond donors (Lipinski definition) is 1. The zero-order chi connectivity index (χ0) is 26.0. The maximum absolute atomic E-state index is 13.7. The summed E-state index contributed by atoms with van der Waals surface area (Å²) in [6.07, 6.45) is 4.78.